The first-order valence-corrected chi connectivity index (χ1v) is 17.6. The lowest BCUT2D eigenvalue weighted by Gasteiger charge is -2.33. The van der Waals surface area contributed by atoms with E-state index in [0.717, 1.165) is 26.1 Å². The molecule has 46 heavy (non-hydrogen) atoms. The fourth-order valence-electron chi connectivity index (χ4n) is 3.35. The summed E-state index contributed by atoms with van der Waals surface area (Å²) in [4.78, 5) is 0. The van der Waals surface area contributed by atoms with Crippen LogP contribution in [0, 0.1) is 17.3 Å². The first-order chi connectivity index (χ1) is 21.5. The molecule has 0 aliphatic heterocycles. The van der Waals surface area contributed by atoms with Gasteiger partial charge in [0.2, 0.25) is 0 Å². The van der Waals surface area contributed by atoms with Crippen LogP contribution < -0.4 is 22.9 Å². The lowest BCUT2D eigenvalue weighted by Crippen LogP contribution is -2.39. The van der Waals surface area contributed by atoms with E-state index in [9.17, 15) is 0 Å². The molecule has 0 amide bonds. The van der Waals surface area contributed by atoms with Gasteiger partial charge < -0.3 is 56.1 Å². The summed E-state index contributed by atoms with van der Waals surface area (Å²) in [5.41, 5.74) is 22.4. The maximum atomic E-state index is 5.84. The predicted octanol–water partition coefficient (Wildman–Crippen LogP) is 4.36. The molecule has 11 heteroatoms. The topological polar surface area (TPSA) is 169 Å². The molecule has 0 aliphatic rings. The van der Waals surface area contributed by atoms with E-state index in [2.05, 4.69) is 48.5 Å². The average Bonchev–Trinajstić information content (AvgIpc) is 2.96. The third-order valence-corrected chi connectivity index (χ3v) is 6.23. The van der Waals surface area contributed by atoms with Crippen LogP contribution in [0.5, 0.6) is 0 Å². The van der Waals surface area contributed by atoms with E-state index in [0.29, 0.717) is 84.0 Å². The van der Waals surface area contributed by atoms with Crippen molar-refractivity contribution >= 4 is 0 Å². The lowest BCUT2D eigenvalue weighted by atomic mass is 9.88. The number of hydrogen-bond donors (Lipinski definition) is 4. The van der Waals surface area contributed by atoms with E-state index in [1.807, 2.05) is 34.6 Å². The quantitative estimate of drug-likeness (QED) is 0.0918. The Balaban J connectivity index is -0.000000652. The van der Waals surface area contributed by atoms with Crippen LogP contribution in [0.25, 0.3) is 0 Å². The van der Waals surface area contributed by atoms with E-state index >= 15 is 0 Å². The van der Waals surface area contributed by atoms with Crippen molar-refractivity contribution in [3.8, 4) is 0 Å². The Kier molecular flexibility index (Phi) is 35.9. The molecular formula is C35H80N4O7. The van der Waals surface area contributed by atoms with Gasteiger partial charge in [0.05, 0.1) is 78.3 Å². The molecule has 0 bridgehead atoms. The molecule has 282 valence electrons. The Labute approximate surface area is 284 Å². The fraction of sp³-hybridized carbons (Fsp3) is 1.00. The van der Waals surface area contributed by atoms with Crippen molar-refractivity contribution in [1.82, 2.24) is 0 Å². The zero-order valence-corrected chi connectivity index (χ0v) is 32.2. The van der Waals surface area contributed by atoms with Gasteiger partial charge in [-0.3, -0.25) is 0 Å². The van der Waals surface area contributed by atoms with Crippen LogP contribution in [0.2, 0.25) is 0 Å². The minimum absolute atomic E-state index is 0.0427. The molecule has 0 spiro atoms. The van der Waals surface area contributed by atoms with Gasteiger partial charge in [-0.1, -0.05) is 41.5 Å². The Hall–Kier alpha value is -0.440. The normalized spacial score (nSPS) is 16.8. The zero-order chi connectivity index (χ0) is 36.0. The zero-order valence-electron chi connectivity index (χ0n) is 32.2. The van der Waals surface area contributed by atoms with Crippen molar-refractivity contribution in [3.63, 3.8) is 0 Å². The van der Waals surface area contributed by atoms with E-state index < -0.39 is 0 Å². The summed E-state index contributed by atoms with van der Waals surface area (Å²) in [6.45, 7) is 32.2. The maximum Gasteiger partial charge on any atom is 0.0781 e. The summed E-state index contributed by atoms with van der Waals surface area (Å²) in [6, 6.07) is 0.332. The minimum Gasteiger partial charge on any atom is -0.380 e. The van der Waals surface area contributed by atoms with Crippen LogP contribution in [0.4, 0.5) is 0 Å². The van der Waals surface area contributed by atoms with Gasteiger partial charge in [0, 0.05) is 42.8 Å². The first-order valence-electron chi connectivity index (χ1n) is 17.6. The second-order valence-electron chi connectivity index (χ2n) is 13.9. The summed E-state index contributed by atoms with van der Waals surface area (Å²) < 4.78 is 38.9. The number of nitrogens with two attached hydrogens (primary N) is 4. The Morgan fingerprint density at radius 2 is 0.783 bits per heavy atom. The molecule has 0 fully saturated rings. The molecule has 8 N–H and O–H groups in total. The second kappa shape index (κ2) is 33.1. The van der Waals surface area contributed by atoms with Gasteiger partial charge in [-0.15, -0.1) is 0 Å². The highest BCUT2D eigenvalue weighted by Crippen LogP contribution is 2.24. The molecule has 0 aliphatic carbocycles. The maximum absolute atomic E-state index is 5.84. The van der Waals surface area contributed by atoms with Crippen LogP contribution in [0.1, 0.15) is 95.9 Å². The largest absolute Gasteiger partial charge is 0.380 e. The standard InChI is InChI=1S/C16H36N2O3.C12H27NO3.C7H17NO/c1-6-16(10-19-7-13(2)3,11-20-8-14(4)17)12-21-9-15(5)18;1-10(2)7-14-5-6-15-9-12(4)16-8-11(3)13;1-4-7(3)9-5-6(2)8/h13-15H,6-12,17-18H2,1-5H3;10-12H,5-9,13H2,1-4H3;6-7H,4-5,8H2,1-3H3. The highest BCUT2D eigenvalue weighted by Gasteiger charge is 2.30. The van der Waals surface area contributed by atoms with Gasteiger partial charge in [0.1, 0.15) is 0 Å². The van der Waals surface area contributed by atoms with E-state index in [-0.39, 0.29) is 35.7 Å². The van der Waals surface area contributed by atoms with Gasteiger partial charge >= 0.3 is 0 Å². The average molecular weight is 669 g/mol. The highest BCUT2D eigenvalue weighted by atomic mass is 16.5. The van der Waals surface area contributed by atoms with Crippen LogP contribution in [-0.2, 0) is 33.2 Å². The third-order valence-electron chi connectivity index (χ3n) is 6.23. The fourth-order valence-corrected chi connectivity index (χ4v) is 3.35. The Bertz CT molecular complexity index is 575. The molecule has 11 nitrogen and oxygen atoms in total. The molecule has 0 aromatic heterocycles. The molecule has 0 aromatic rings. The first kappa shape index (κ1) is 49.9. The summed E-state index contributed by atoms with van der Waals surface area (Å²) in [5.74, 6) is 1.10. The highest BCUT2D eigenvalue weighted by molar-refractivity contribution is 4.78. The number of rotatable bonds is 27. The van der Waals surface area contributed by atoms with E-state index in [4.69, 9.17) is 56.1 Å². The van der Waals surface area contributed by atoms with Gasteiger partial charge in [0.25, 0.3) is 0 Å². The Morgan fingerprint density at radius 1 is 0.435 bits per heavy atom. The van der Waals surface area contributed by atoms with Crippen molar-refractivity contribution in [3.05, 3.63) is 0 Å². The van der Waals surface area contributed by atoms with Crippen LogP contribution in [0.3, 0.4) is 0 Å². The van der Waals surface area contributed by atoms with Gasteiger partial charge in [0.15, 0.2) is 0 Å². The molecule has 0 aromatic carbocycles. The second-order valence-corrected chi connectivity index (χ2v) is 13.9. The van der Waals surface area contributed by atoms with Crippen LogP contribution >= 0.6 is 0 Å². The minimum atomic E-state index is -0.126. The van der Waals surface area contributed by atoms with E-state index in [1.54, 1.807) is 0 Å². The predicted molar refractivity (Wildman–Crippen MR) is 192 cm³/mol. The number of ether oxygens (including phenoxy) is 7. The molecular weight excluding hydrogens is 588 g/mol. The Morgan fingerprint density at radius 3 is 1.13 bits per heavy atom. The smallest absolute Gasteiger partial charge is 0.0781 e. The van der Waals surface area contributed by atoms with Crippen molar-refractivity contribution in [2.24, 2.45) is 40.2 Å². The van der Waals surface area contributed by atoms with E-state index in [1.165, 1.54) is 0 Å². The molecule has 0 rings (SSSR count). The molecule has 6 unspecified atom stereocenters. The van der Waals surface area contributed by atoms with Gasteiger partial charge in [-0.05, 0) is 66.2 Å². The summed E-state index contributed by atoms with van der Waals surface area (Å²) >= 11 is 0. The summed E-state index contributed by atoms with van der Waals surface area (Å²) in [5, 5.41) is 0. The van der Waals surface area contributed by atoms with Crippen LogP contribution in [-0.4, -0.2) is 116 Å². The van der Waals surface area contributed by atoms with Crippen molar-refractivity contribution in [1.29, 1.82) is 0 Å². The summed E-state index contributed by atoms with van der Waals surface area (Å²) in [7, 11) is 0. The molecule has 0 saturated carbocycles. The molecule has 6 atom stereocenters. The molecule has 0 heterocycles. The SMILES string of the molecule is CC(C)COCCOCC(C)OCC(C)N.CCC(C)OCC(C)N.CCC(COCC(C)C)(COCC(C)N)COCC(C)N. The lowest BCUT2D eigenvalue weighted by molar-refractivity contribution is -0.0771. The van der Waals surface area contributed by atoms with Gasteiger partial charge in [-0.25, -0.2) is 0 Å². The van der Waals surface area contributed by atoms with Crippen molar-refractivity contribution < 1.29 is 33.2 Å². The molecule has 0 radical (unpaired) electrons. The third kappa shape index (κ3) is 39.7. The van der Waals surface area contributed by atoms with Crippen molar-refractivity contribution in [2.45, 2.75) is 132 Å². The van der Waals surface area contributed by atoms with Crippen LogP contribution in [0.15, 0.2) is 0 Å². The van der Waals surface area contributed by atoms with Crippen molar-refractivity contribution in [2.75, 3.05) is 79.3 Å². The number of hydrogen-bond acceptors (Lipinski definition) is 11. The monoisotopic (exact) mass is 669 g/mol. The summed E-state index contributed by atoms with van der Waals surface area (Å²) in [6.07, 6.45) is 2.45. The van der Waals surface area contributed by atoms with Gasteiger partial charge in [-0.2, -0.15) is 0 Å². The molecule has 0 saturated heterocycles.